The van der Waals surface area contributed by atoms with Crippen LogP contribution in [0.25, 0.3) is 22.6 Å². The van der Waals surface area contributed by atoms with Crippen LogP contribution in [0.4, 0.5) is 0 Å². The summed E-state index contributed by atoms with van der Waals surface area (Å²) in [5, 5.41) is 9.41. The molecule has 5 aromatic rings. The Balaban J connectivity index is 1.62. The number of fused-ring (bicyclic) bond motifs is 1. The summed E-state index contributed by atoms with van der Waals surface area (Å²) in [4.78, 5) is 16.4. The summed E-state index contributed by atoms with van der Waals surface area (Å²) in [6.45, 7) is 0. The Labute approximate surface area is 177 Å². The Morgan fingerprint density at radius 1 is 0.839 bits per heavy atom. The van der Waals surface area contributed by atoms with Gasteiger partial charge in [0.05, 0.1) is 22.8 Å². The van der Waals surface area contributed by atoms with Crippen LogP contribution < -0.4 is 9.47 Å². The van der Waals surface area contributed by atoms with Crippen molar-refractivity contribution in [3.63, 3.8) is 0 Å². The van der Waals surface area contributed by atoms with Gasteiger partial charge in [-0.05, 0) is 36.4 Å². The fraction of sp³-hybridized carbons (Fsp3) is 0. The minimum Gasteiger partial charge on any atom is -0.452 e. The highest BCUT2D eigenvalue weighted by atomic mass is 16.5. The summed E-state index contributed by atoms with van der Waals surface area (Å²) in [7, 11) is 0. The first-order chi connectivity index (χ1) is 15.3. The largest absolute Gasteiger partial charge is 0.452 e. The number of pyridine rings is 2. The Morgan fingerprint density at radius 2 is 1.71 bits per heavy atom. The van der Waals surface area contributed by atoms with Gasteiger partial charge in [0.1, 0.15) is 23.3 Å². The van der Waals surface area contributed by atoms with Crippen LogP contribution in [0, 0.1) is 11.3 Å². The van der Waals surface area contributed by atoms with Gasteiger partial charge < -0.3 is 14.5 Å². The zero-order chi connectivity index (χ0) is 21.0. The molecular weight excluding hydrogens is 390 g/mol. The van der Waals surface area contributed by atoms with Gasteiger partial charge in [0.2, 0.25) is 0 Å². The highest BCUT2D eigenvalue weighted by molar-refractivity contribution is 5.83. The minimum absolute atomic E-state index is 0.422. The molecule has 0 bridgehead atoms. The number of hydrogen-bond acceptors (Lipinski definition) is 6. The number of H-pyrrole nitrogens is 1. The molecule has 148 valence electrons. The number of imidazole rings is 1. The van der Waals surface area contributed by atoms with Crippen LogP contribution in [0.1, 0.15) is 5.56 Å². The number of nitrogens with one attached hydrogen (secondary N) is 1. The Morgan fingerprint density at radius 3 is 2.52 bits per heavy atom. The summed E-state index contributed by atoms with van der Waals surface area (Å²) in [6.07, 6.45) is 5.00. The number of nitrogens with zero attached hydrogens (tertiary/aromatic N) is 4. The van der Waals surface area contributed by atoms with E-state index in [9.17, 15) is 5.26 Å². The summed E-state index contributed by atoms with van der Waals surface area (Å²) in [5.74, 6) is 2.52. The van der Waals surface area contributed by atoms with E-state index >= 15 is 0 Å². The average Bonchev–Trinajstić information content (AvgIpc) is 3.24. The maximum absolute atomic E-state index is 9.41. The molecule has 0 radical (unpaired) electrons. The zero-order valence-corrected chi connectivity index (χ0v) is 16.2. The van der Waals surface area contributed by atoms with Crippen molar-refractivity contribution in [1.29, 1.82) is 5.26 Å². The quantitative estimate of drug-likeness (QED) is 0.416. The van der Waals surface area contributed by atoms with E-state index in [1.807, 2.05) is 30.3 Å². The van der Waals surface area contributed by atoms with E-state index in [1.165, 1.54) is 0 Å². The number of para-hydroxylation sites is 1. The van der Waals surface area contributed by atoms with Crippen LogP contribution in [-0.4, -0.2) is 19.9 Å². The van der Waals surface area contributed by atoms with Crippen molar-refractivity contribution in [2.45, 2.75) is 0 Å². The van der Waals surface area contributed by atoms with Crippen LogP contribution in [-0.2, 0) is 0 Å². The summed E-state index contributed by atoms with van der Waals surface area (Å²) in [5.41, 5.74) is 2.60. The van der Waals surface area contributed by atoms with Gasteiger partial charge in [-0.2, -0.15) is 5.26 Å². The molecule has 1 N–H and O–H groups in total. The van der Waals surface area contributed by atoms with E-state index in [1.54, 1.807) is 55.0 Å². The molecule has 0 fully saturated rings. The molecule has 0 spiro atoms. The number of nitriles is 1. The van der Waals surface area contributed by atoms with Gasteiger partial charge in [-0.1, -0.05) is 18.2 Å². The number of hydrogen-bond donors (Lipinski definition) is 1. The third-order valence-electron chi connectivity index (χ3n) is 4.54. The monoisotopic (exact) mass is 405 g/mol. The second-order valence-corrected chi connectivity index (χ2v) is 6.62. The molecule has 0 saturated carbocycles. The first kappa shape index (κ1) is 18.3. The van der Waals surface area contributed by atoms with Crippen LogP contribution in [0.5, 0.6) is 23.0 Å². The molecule has 3 heterocycles. The molecule has 0 aliphatic rings. The van der Waals surface area contributed by atoms with Crippen LogP contribution in [0.15, 0.2) is 85.3 Å². The molecule has 7 heteroatoms. The number of aromatic nitrogens is 4. The molecule has 0 atom stereocenters. The number of aromatic amines is 1. The lowest BCUT2D eigenvalue weighted by Gasteiger charge is -2.13. The highest BCUT2D eigenvalue weighted by Gasteiger charge is 2.15. The van der Waals surface area contributed by atoms with Gasteiger partial charge in [0, 0.05) is 24.5 Å². The second-order valence-electron chi connectivity index (χ2n) is 6.62. The zero-order valence-electron chi connectivity index (χ0n) is 16.2. The lowest BCUT2D eigenvalue weighted by atomic mass is 10.2. The molecule has 31 heavy (non-hydrogen) atoms. The first-order valence-corrected chi connectivity index (χ1v) is 9.50. The molecule has 0 amide bonds. The van der Waals surface area contributed by atoms with E-state index in [0.717, 1.165) is 11.2 Å². The molecule has 0 unspecified atom stereocenters. The van der Waals surface area contributed by atoms with Crippen LogP contribution in [0.3, 0.4) is 0 Å². The molecule has 7 nitrogen and oxygen atoms in total. The van der Waals surface area contributed by atoms with E-state index in [4.69, 9.17) is 9.47 Å². The molecule has 5 rings (SSSR count). The van der Waals surface area contributed by atoms with Crippen molar-refractivity contribution in [3.8, 4) is 40.6 Å². The van der Waals surface area contributed by atoms with Crippen molar-refractivity contribution >= 4 is 11.0 Å². The summed E-state index contributed by atoms with van der Waals surface area (Å²) < 4.78 is 12.1. The molecule has 0 aliphatic carbocycles. The first-order valence-electron chi connectivity index (χ1n) is 9.50. The fourth-order valence-electron chi connectivity index (χ4n) is 3.10. The Bertz CT molecular complexity index is 1390. The lowest BCUT2D eigenvalue weighted by molar-refractivity contribution is 0.418. The van der Waals surface area contributed by atoms with Crippen molar-refractivity contribution < 1.29 is 9.47 Å². The van der Waals surface area contributed by atoms with Gasteiger partial charge in [-0.3, -0.25) is 9.97 Å². The summed E-state index contributed by atoms with van der Waals surface area (Å²) >= 11 is 0. The van der Waals surface area contributed by atoms with E-state index in [2.05, 4.69) is 26.0 Å². The smallest absolute Gasteiger partial charge is 0.172 e. The van der Waals surface area contributed by atoms with Gasteiger partial charge in [0.15, 0.2) is 17.3 Å². The average molecular weight is 405 g/mol. The maximum atomic E-state index is 9.41. The minimum atomic E-state index is 0.422. The SMILES string of the molecule is N#Cc1ccccc1Oc1cc2nc(-c3ccccn3)[nH]c2cc1Oc1cccnc1. The van der Waals surface area contributed by atoms with E-state index in [0.29, 0.717) is 39.9 Å². The highest BCUT2D eigenvalue weighted by Crippen LogP contribution is 2.38. The van der Waals surface area contributed by atoms with Crippen molar-refractivity contribution in [2.24, 2.45) is 0 Å². The summed E-state index contributed by atoms with van der Waals surface area (Å²) in [6, 6.07) is 22.0. The molecule has 0 saturated heterocycles. The standard InChI is InChI=1S/C24H15N5O2/c25-14-16-6-1-2-9-21(16)31-23-13-20-19(12-22(23)30-17-7-5-10-26-15-17)28-24(29-20)18-8-3-4-11-27-18/h1-13,15H,(H,28,29). The molecular formula is C24H15N5O2. The van der Waals surface area contributed by atoms with Crippen molar-refractivity contribution in [2.75, 3.05) is 0 Å². The molecule has 0 aliphatic heterocycles. The van der Waals surface area contributed by atoms with Gasteiger partial charge >= 0.3 is 0 Å². The fourth-order valence-corrected chi connectivity index (χ4v) is 3.10. The maximum Gasteiger partial charge on any atom is 0.172 e. The van der Waals surface area contributed by atoms with E-state index < -0.39 is 0 Å². The van der Waals surface area contributed by atoms with Gasteiger partial charge in [-0.15, -0.1) is 0 Å². The topological polar surface area (TPSA) is 96.7 Å². The van der Waals surface area contributed by atoms with Crippen LogP contribution in [0.2, 0.25) is 0 Å². The second kappa shape index (κ2) is 7.97. The lowest BCUT2D eigenvalue weighted by Crippen LogP contribution is -1.93. The predicted octanol–water partition coefficient (Wildman–Crippen LogP) is 5.48. The molecule has 3 aromatic heterocycles. The Kier molecular flexibility index (Phi) is 4.71. The normalized spacial score (nSPS) is 10.5. The Hall–Kier alpha value is -4.70. The third kappa shape index (κ3) is 3.78. The van der Waals surface area contributed by atoms with Gasteiger partial charge in [-0.25, -0.2) is 4.98 Å². The van der Waals surface area contributed by atoms with Crippen LogP contribution >= 0.6 is 0 Å². The predicted molar refractivity (Wildman–Crippen MR) is 115 cm³/mol. The van der Waals surface area contributed by atoms with Crippen molar-refractivity contribution in [1.82, 2.24) is 19.9 Å². The number of ether oxygens (including phenoxy) is 2. The number of benzene rings is 2. The number of rotatable bonds is 5. The van der Waals surface area contributed by atoms with Gasteiger partial charge in [0.25, 0.3) is 0 Å². The third-order valence-corrected chi connectivity index (χ3v) is 4.54. The molecule has 2 aromatic carbocycles. The van der Waals surface area contributed by atoms with E-state index in [-0.39, 0.29) is 0 Å². The van der Waals surface area contributed by atoms with Crippen molar-refractivity contribution in [3.05, 3.63) is 90.9 Å².